The predicted molar refractivity (Wildman–Crippen MR) is 310 cm³/mol. The molecule has 22 heteroatoms. The highest BCUT2D eigenvalue weighted by atomic mass is 35.5. The van der Waals surface area contributed by atoms with Gasteiger partial charge in [-0.15, -0.1) is 0 Å². The summed E-state index contributed by atoms with van der Waals surface area (Å²) in [5, 5.41) is 14.3. The van der Waals surface area contributed by atoms with E-state index in [0.29, 0.717) is 28.2 Å². The number of halogens is 4. The minimum atomic E-state index is -0.693. The Hall–Kier alpha value is -10.3. The topological polar surface area (TPSA) is 236 Å². The number of carbonyl (C=O) groups is 2. The molecule has 412 valence electrons. The molecule has 2 aliphatic rings. The average molecular weight is 1150 g/mol. The van der Waals surface area contributed by atoms with Gasteiger partial charge in [0.2, 0.25) is 22.6 Å². The van der Waals surface area contributed by atoms with Crippen LogP contribution in [0.15, 0.2) is 197 Å². The van der Waals surface area contributed by atoms with Crippen LogP contribution >= 0.6 is 23.2 Å². The van der Waals surface area contributed by atoms with Crippen molar-refractivity contribution in [2.75, 3.05) is 16.4 Å². The molecule has 2 fully saturated rings. The van der Waals surface area contributed by atoms with Crippen LogP contribution in [0.5, 0.6) is 23.3 Å². The van der Waals surface area contributed by atoms with E-state index in [2.05, 4.69) is 40.8 Å². The molecule has 0 spiro atoms. The summed E-state index contributed by atoms with van der Waals surface area (Å²) >= 11 is 12.8. The lowest BCUT2D eigenvalue weighted by molar-refractivity contribution is 0.101. The molecule has 6 aromatic heterocycles. The van der Waals surface area contributed by atoms with Gasteiger partial charge in [-0.2, -0.15) is 10.2 Å². The third-order valence-electron chi connectivity index (χ3n) is 12.9. The number of carbonyl (C=O) groups excluding carboxylic acids is 2. The lowest BCUT2D eigenvalue weighted by Gasteiger charge is -2.12. The Labute approximate surface area is 480 Å². The van der Waals surface area contributed by atoms with Gasteiger partial charge >= 0.3 is 0 Å². The number of nitrogens with one attached hydrogen (secondary N) is 2. The van der Waals surface area contributed by atoms with Crippen molar-refractivity contribution in [3.63, 3.8) is 0 Å². The fourth-order valence-corrected chi connectivity index (χ4v) is 8.70. The standard InChI is InChI=1S/C37H26ClFN6O3.C24H18ClFN6O3/c38-32-30(19-20-40-36(32)43-33(24-7-3-1-4-8-24)25-9-5-2-6-10-25)48-31-18-15-27(21-41-31)42-37(47)34-35(46)29(22-45(44-34)28-16-17-28)23-11-13-26(39)14-12-23;25-20-18(9-10-28-23(20)27)35-19-8-5-15(11-29-19)30-24(34)21-22(33)17(12-32(31-21)16-6-7-16)13-1-3-14(26)4-2-13/h1-15,18-22,28H,16-17H2,(H,42,47);1-5,8-12,16H,6-7H2,(H2,27,28)(H,30,34). The zero-order chi connectivity index (χ0) is 57.6. The molecule has 2 saturated carbocycles. The van der Waals surface area contributed by atoms with Gasteiger partial charge in [0.15, 0.2) is 28.7 Å². The number of nitrogen functional groups attached to an aromatic ring is 1. The molecule has 2 amide bonds. The Balaban J connectivity index is 0.000000183. The first-order chi connectivity index (χ1) is 40.3. The molecule has 10 aromatic rings. The molecule has 0 unspecified atom stereocenters. The molecule has 4 N–H and O–H groups in total. The summed E-state index contributed by atoms with van der Waals surface area (Å²) in [6, 6.07) is 40.1. The van der Waals surface area contributed by atoms with E-state index in [9.17, 15) is 28.0 Å². The van der Waals surface area contributed by atoms with Crippen molar-refractivity contribution in [2.45, 2.75) is 37.8 Å². The zero-order valence-electron chi connectivity index (χ0n) is 43.4. The zero-order valence-corrected chi connectivity index (χ0v) is 44.9. The SMILES string of the molecule is Nc1nccc(Oc2ccc(NC(=O)c3nn(C4CC4)cc(-c4ccc(F)cc4)c3=O)cn2)c1Cl.O=C(Nc1ccc(Oc2ccnc(N=C(c3ccccc3)c3ccccc3)c2Cl)nc1)c1nn(C2CC2)cc(-c2ccc(F)cc2)c1=O. The number of nitrogens with zero attached hydrogens (tertiary/aromatic N) is 9. The smallest absolute Gasteiger partial charge is 0.280 e. The van der Waals surface area contributed by atoms with Crippen LogP contribution in [-0.2, 0) is 0 Å². The highest BCUT2D eigenvalue weighted by Gasteiger charge is 2.29. The summed E-state index contributed by atoms with van der Waals surface area (Å²) in [7, 11) is 0. The van der Waals surface area contributed by atoms with Gasteiger partial charge in [0.25, 0.3) is 11.8 Å². The first kappa shape index (κ1) is 54.6. The lowest BCUT2D eigenvalue weighted by Crippen LogP contribution is -2.27. The van der Waals surface area contributed by atoms with Gasteiger partial charge < -0.3 is 25.8 Å². The molecule has 12 rings (SSSR count). The van der Waals surface area contributed by atoms with Gasteiger partial charge in [0.05, 0.1) is 41.6 Å². The number of amides is 2. The van der Waals surface area contributed by atoms with E-state index < -0.39 is 34.3 Å². The van der Waals surface area contributed by atoms with E-state index >= 15 is 0 Å². The van der Waals surface area contributed by atoms with E-state index in [1.165, 1.54) is 73.2 Å². The number of rotatable bonds is 15. The Kier molecular flexibility index (Phi) is 15.9. The van der Waals surface area contributed by atoms with Crippen molar-refractivity contribution < 1.29 is 27.8 Å². The molecule has 0 radical (unpaired) electrons. The highest BCUT2D eigenvalue weighted by molar-refractivity contribution is 6.34. The Morgan fingerprint density at radius 3 is 1.41 bits per heavy atom. The first-order valence-corrected chi connectivity index (χ1v) is 26.5. The Morgan fingerprint density at radius 1 is 0.554 bits per heavy atom. The molecule has 2 aliphatic carbocycles. The van der Waals surface area contributed by atoms with Crippen LogP contribution in [0.25, 0.3) is 22.3 Å². The third kappa shape index (κ3) is 13.0. The molecule has 4 aromatic carbocycles. The van der Waals surface area contributed by atoms with Crippen LogP contribution in [0.2, 0.25) is 10.0 Å². The Bertz CT molecular complexity index is 4150. The van der Waals surface area contributed by atoms with Crippen molar-refractivity contribution in [1.82, 2.24) is 39.5 Å². The predicted octanol–water partition coefficient (Wildman–Crippen LogP) is 12.5. The molecule has 0 saturated heterocycles. The third-order valence-corrected chi connectivity index (χ3v) is 13.6. The number of aliphatic imine (C=N–C) groups is 1. The number of hydrogen-bond acceptors (Lipinski definition) is 14. The molecular formula is C61H44Cl2F2N12O6. The molecule has 83 heavy (non-hydrogen) atoms. The molecule has 18 nitrogen and oxygen atoms in total. The van der Waals surface area contributed by atoms with Crippen LogP contribution in [-0.4, -0.2) is 57.0 Å². The summed E-state index contributed by atoms with van der Waals surface area (Å²) in [5.41, 5.74) is 8.69. The fraction of sp³-hybridized carbons (Fsp3) is 0.0984. The number of nitrogens with two attached hydrogens (primary N) is 1. The summed E-state index contributed by atoms with van der Waals surface area (Å²) < 4.78 is 41.7. The summed E-state index contributed by atoms with van der Waals surface area (Å²) in [6.45, 7) is 0. The number of ether oxygens (including phenoxy) is 2. The normalized spacial score (nSPS) is 12.5. The molecule has 0 atom stereocenters. The van der Waals surface area contributed by atoms with Crippen LogP contribution in [0.1, 0.15) is 69.9 Å². The molecular weight excluding hydrogens is 1110 g/mol. The van der Waals surface area contributed by atoms with E-state index in [1.807, 2.05) is 60.7 Å². The van der Waals surface area contributed by atoms with Gasteiger partial charge in [-0.3, -0.25) is 28.5 Å². The van der Waals surface area contributed by atoms with Crippen LogP contribution in [0, 0.1) is 11.6 Å². The highest BCUT2D eigenvalue weighted by Crippen LogP contribution is 2.38. The van der Waals surface area contributed by atoms with Crippen molar-refractivity contribution >= 4 is 63.7 Å². The second kappa shape index (κ2) is 24.2. The van der Waals surface area contributed by atoms with Crippen molar-refractivity contribution in [3.05, 3.63) is 247 Å². The number of benzene rings is 4. The number of hydrogen-bond donors (Lipinski definition) is 3. The lowest BCUT2D eigenvalue weighted by atomic mass is 10.0. The maximum atomic E-state index is 13.5. The van der Waals surface area contributed by atoms with E-state index in [4.69, 9.17) is 43.4 Å². The summed E-state index contributed by atoms with van der Waals surface area (Å²) in [6.07, 6.45) is 12.6. The summed E-state index contributed by atoms with van der Waals surface area (Å²) in [5.74, 6) is -0.837. The van der Waals surface area contributed by atoms with Gasteiger partial charge in [0, 0.05) is 71.3 Å². The first-order valence-electron chi connectivity index (χ1n) is 25.7. The molecule has 0 aliphatic heterocycles. The minimum absolute atomic E-state index is 0.101. The van der Waals surface area contributed by atoms with Crippen LogP contribution in [0.3, 0.4) is 0 Å². The average Bonchev–Trinajstić information content (AvgIpc) is 4.65. The largest absolute Gasteiger partial charge is 0.437 e. The summed E-state index contributed by atoms with van der Waals surface area (Å²) in [4.78, 5) is 74.2. The van der Waals surface area contributed by atoms with E-state index in [0.717, 1.165) is 36.8 Å². The number of pyridine rings is 4. The monoisotopic (exact) mass is 1150 g/mol. The Morgan fingerprint density at radius 2 is 0.988 bits per heavy atom. The fourth-order valence-electron chi connectivity index (χ4n) is 8.36. The van der Waals surface area contributed by atoms with Gasteiger partial charge in [-0.1, -0.05) is 108 Å². The second-order valence-electron chi connectivity index (χ2n) is 18.9. The number of aromatic nitrogens is 8. The molecule has 0 bridgehead atoms. The number of anilines is 3. The minimum Gasteiger partial charge on any atom is -0.437 e. The quantitative estimate of drug-likeness (QED) is 0.0811. The van der Waals surface area contributed by atoms with Crippen molar-refractivity contribution in [3.8, 4) is 45.5 Å². The molecule has 6 heterocycles. The second-order valence-corrected chi connectivity index (χ2v) is 19.7. The van der Waals surface area contributed by atoms with Crippen LogP contribution < -0.4 is 36.7 Å². The van der Waals surface area contributed by atoms with E-state index in [1.54, 1.807) is 58.3 Å². The van der Waals surface area contributed by atoms with Gasteiger partial charge in [0.1, 0.15) is 27.5 Å². The van der Waals surface area contributed by atoms with Crippen LogP contribution in [0.4, 0.5) is 31.8 Å². The maximum absolute atomic E-state index is 13.5. The van der Waals surface area contributed by atoms with Crippen molar-refractivity contribution in [1.29, 1.82) is 0 Å². The van der Waals surface area contributed by atoms with Gasteiger partial charge in [-0.25, -0.2) is 33.7 Å². The van der Waals surface area contributed by atoms with E-state index in [-0.39, 0.29) is 79.5 Å². The van der Waals surface area contributed by atoms with Gasteiger partial charge in [-0.05, 0) is 73.2 Å². The maximum Gasteiger partial charge on any atom is 0.280 e. The van der Waals surface area contributed by atoms with Crippen molar-refractivity contribution in [2.24, 2.45) is 4.99 Å².